The molecule has 0 aromatic carbocycles. The summed E-state index contributed by atoms with van der Waals surface area (Å²) >= 11 is 0. The van der Waals surface area contributed by atoms with Gasteiger partial charge in [-0.25, -0.2) is 0 Å². The van der Waals surface area contributed by atoms with E-state index in [2.05, 4.69) is 5.32 Å². The SMILES string of the molecule is CC(=O)N1CCC(NCCCOCCO)CC1. The molecule has 100 valence electrons. The third-order valence-corrected chi connectivity index (χ3v) is 3.07. The van der Waals surface area contributed by atoms with Crippen LogP contribution in [0.1, 0.15) is 26.2 Å². The third kappa shape index (κ3) is 6.00. The molecule has 1 heterocycles. The number of likely N-dealkylation sites (tertiary alicyclic amines) is 1. The third-order valence-electron chi connectivity index (χ3n) is 3.07. The average molecular weight is 244 g/mol. The first kappa shape index (κ1) is 14.4. The van der Waals surface area contributed by atoms with Gasteiger partial charge < -0.3 is 20.1 Å². The molecule has 17 heavy (non-hydrogen) atoms. The Hall–Kier alpha value is -0.650. The molecule has 0 atom stereocenters. The van der Waals surface area contributed by atoms with Gasteiger partial charge in [0.2, 0.25) is 5.91 Å². The number of amides is 1. The van der Waals surface area contributed by atoms with E-state index >= 15 is 0 Å². The van der Waals surface area contributed by atoms with Crippen molar-refractivity contribution in [1.82, 2.24) is 10.2 Å². The van der Waals surface area contributed by atoms with Crippen molar-refractivity contribution in [3.05, 3.63) is 0 Å². The molecule has 1 saturated heterocycles. The summed E-state index contributed by atoms with van der Waals surface area (Å²) < 4.78 is 5.18. The van der Waals surface area contributed by atoms with E-state index in [-0.39, 0.29) is 12.5 Å². The summed E-state index contributed by atoms with van der Waals surface area (Å²) in [4.78, 5) is 13.0. The average Bonchev–Trinajstić information content (AvgIpc) is 2.34. The zero-order valence-electron chi connectivity index (χ0n) is 10.7. The van der Waals surface area contributed by atoms with Crippen molar-refractivity contribution in [3.8, 4) is 0 Å². The number of ether oxygens (including phenoxy) is 1. The maximum absolute atomic E-state index is 11.1. The van der Waals surface area contributed by atoms with E-state index in [1.807, 2.05) is 4.90 Å². The number of rotatable bonds is 7. The minimum Gasteiger partial charge on any atom is -0.394 e. The minimum atomic E-state index is 0.0942. The summed E-state index contributed by atoms with van der Waals surface area (Å²) in [5, 5.41) is 12.0. The van der Waals surface area contributed by atoms with Gasteiger partial charge in [-0.15, -0.1) is 0 Å². The Balaban J connectivity index is 1.97. The first-order valence-electron chi connectivity index (χ1n) is 6.41. The number of carbonyl (C=O) groups is 1. The molecule has 0 unspecified atom stereocenters. The van der Waals surface area contributed by atoms with Gasteiger partial charge in [0, 0.05) is 32.7 Å². The Morgan fingerprint density at radius 2 is 2.12 bits per heavy atom. The number of hydrogen-bond acceptors (Lipinski definition) is 4. The lowest BCUT2D eigenvalue weighted by Crippen LogP contribution is -2.44. The largest absolute Gasteiger partial charge is 0.394 e. The normalized spacial score (nSPS) is 17.4. The van der Waals surface area contributed by atoms with Crippen LogP contribution in [0.3, 0.4) is 0 Å². The molecule has 1 rings (SSSR count). The summed E-state index contributed by atoms with van der Waals surface area (Å²) in [6, 6.07) is 0.531. The fourth-order valence-electron chi connectivity index (χ4n) is 2.05. The molecule has 2 N–H and O–H groups in total. The number of nitrogens with one attached hydrogen (secondary N) is 1. The van der Waals surface area contributed by atoms with Crippen LogP contribution in [-0.2, 0) is 9.53 Å². The first-order valence-corrected chi connectivity index (χ1v) is 6.41. The van der Waals surface area contributed by atoms with E-state index in [4.69, 9.17) is 9.84 Å². The van der Waals surface area contributed by atoms with E-state index in [0.29, 0.717) is 19.3 Å². The van der Waals surface area contributed by atoms with Crippen LogP contribution in [0, 0.1) is 0 Å². The monoisotopic (exact) mass is 244 g/mol. The van der Waals surface area contributed by atoms with Gasteiger partial charge in [0.15, 0.2) is 0 Å². The number of aliphatic hydroxyl groups excluding tert-OH is 1. The van der Waals surface area contributed by atoms with Crippen molar-refractivity contribution in [2.45, 2.75) is 32.2 Å². The highest BCUT2D eigenvalue weighted by molar-refractivity contribution is 5.73. The molecule has 5 heteroatoms. The Bertz CT molecular complexity index is 216. The predicted molar refractivity (Wildman–Crippen MR) is 65.8 cm³/mol. The standard InChI is InChI=1S/C12H24N2O3/c1-11(16)14-6-3-12(4-7-14)13-5-2-9-17-10-8-15/h12-13,15H,2-10H2,1H3. The molecule has 5 nitrogen and oxygen atoms in total. The minimum absolute atomic E-state index is 0.0942. The molecule has 0 saturated carbocycles. The molecule has 0 aromatic heterocycles. The predicted octanol–water partition coefficient (Wildman–Crippen LogP) is -0.0141. The molecule has 0 aromatic rings. The molecule has 0 bridgehead atoms. The van der Waals surface area contributed by atoms with Crippen LogP contribution in [0.5, 0.6) is 0 Å². The zero-order valence-corrected chi connectivity index (χ0v) is 10.7. The topological polar surface area (TPSA) is 61.8 Å². The summed E-state index contributed by atoms with van der Waals surface area (Å²) in [5.74, 6) is 0.181. The van der Waals surface area contributed by atoms with Crippen molar-refractivity contribution in [1.29, 1.82) is 0 Å². The Morgan fingerprint density at radius 3 is 2.71 bits per heavy atom. The Labute approximate surface area is 103 Å². The number of nitrogens with zero attached hydrogens (tertiary/aromatic N) is 1. The highest BCUT2D eigenvalue weighted by atomic mass is 16.5. The molecule has 1 fully saturated rings. The van der Waals surface area contributed by atoms with Crippen LogP contribution in [0.25, 0.3) is 0 Å². The highest BCUT2D eigenvalue weighted by Crippen LogP contribution is 2.10. The summed E-state index contributed by atoms with van der Waals surface area (Å²) in [6.45, 7) is 5.53. The Morgan fingerprint density at radius 1 is 1.41 bits per heavy atom. The fraction of sp³-hybridized carbons (Fsp3) is 0.917. The second-order valence-electron chi connectivity index (χ2n) is 4.42. The van der Waals surface area contributed by atoms with Crippen LogP contribution < -0.4 is 5.32 Å². The lowest BCUT2D eigenvalue weighted by Gasteiger charge is -2.31. The fourth-order valence-corrected chi connectivity index (χ4v) is 2.05. The highest BCUT2D eigenvalue weighted by Gasteiger charge is 2.19. The summed E-state index contributed by atoms with van der Waals surface area (Å²) in [7, 11) is 0. The van der Waals surface area contributed by atoms with Crippen molar-refractivity contribution < 1.29 is 14.6 Å². The van der Waals surface area contributed by atoms with Crippen molar-refractivity contribution in [3.63, 3.8) is 0 Å². The molecule has 0 radical (unpaired) electrons. The second kappa shape index (κ2) is 8.44. The second-order valence-corrected chi connectivity index (χ2v) is 4.42. The van der Waals surface area contributed by atoms with Gasteiger partial charge in [0.05, 0.1) is 13.2 Å². The lowest BCUT2D eigenvalue weighted by atomic mass is 10.1. The quantitative estimate of drug-likeness (QED) is 0.618. The van der Waals surface area contributed by atoms with Gasteiger partial charge in [0.1, 0.15) is 0 Å². The summed E-state index contributed by atoms with van der Waals surface area (Å²) in [5.41, 5.74) is 0. The van der Waals surface area contributed by atoms with E-state index < -0.39 is 0 Å². The molecular weight excluding hydrogens is 220 g/mol. The van der Waals surface area contributed by atoms with Gasteiger partial charge in [0.25, 0.3) is 0 Å². The molecule has 1 aliphatic rings. The summed E-state index contributed by atoms with van der Waals surface area (Å²) in [6.07, 6.45) is 3.04. The molecule has 1 amide bonds. The molecule has 0 aliphatic carbocycles. The van der Waals surface area contributed by atoms with Crippen molar-refractivity contribution >= 4 is 5.91 Å². The lowest BCUT2D eigenvalue weighted by molar-refractivity contribution is -0.129. The Kier molecular flexibility index (Phi) is 7.16. The zero-order chi connectivity index (χ0) is 12.5. The van der Waals surface area contributed by atoms with Crippen LogP contribution in [-0.4, -0.2) is 61.4 Å². The maximum Gasteiger partial charge on any atom is 0.219 e. The van der Waals surface area contributed by atoms with Crippen LogP contribution in [0.4, 0.5) is 0 Å². The van der Waals surface area contributed by atoms with Gasteiger partial charge in [-0.2, -0.15) is 0 Å². The van der Waals surface area contributed by atoms with E-state index in [9.17, 15) is 4.79 Å². The van der Waals surface area contributed by atoms with Crippen molar-refractivity contribution in [2.24, 2.45) is 0 Å². The molecular formula is C12H24N2O3. The first-order chi connectivity index (χ1) is 8.24. The number of hydrogen-bond donors (Lipinski definition) is 2. The maximum atomic E-state index is 11.1. The molecule has 1 aliphatic heterocycles. The van der Waals surface area contributed by atoms with E-state index in [0.717, 1.165) is 38.9 Å². The van der Waals surface area contributed by atoms with E-state index in [1.54, 1.807) is 6.92 Å². The smallest absolute Gasteiger partial charge is 0.219 e. The number of piperidine rings is 1. The van der Waals surface area contributed by atoms with Gasteiger partial charge in [-0.1, -0.05) is 0 Å². The van der Waals surface area contributed by atoms with Gasteiger partial charge in [-0.3, -0.25) is 4.79 Å². The van der Waals surface area contributed by atoms with Crippen molar-refractivity contribution in [2.75, 3.05) is 39.5 Å². The molecule has 0 spiro atoms. The van der Waals surface area contributed by atoms with Crippen LogP contribution in [0.15, 0.2) is 0 Å². The van der Waals surface area contributed by atoms with Crippen LogP contribution >= 0.6 is 0 Å². The number of aliphatic hydroxyl groups is 1. The van der Waals surface area contributed by atoms with Crippen LogP contribution in [0.2, 0.25) is 0 Å². The van der Waals surface area contributed by atoms with Gasteiger partial charge >= 0.3 is 0 Å². The number of carbonyl (C=O) groups excluding carboxylic acids is 1. The van der Waals surface area contributed by atoms with Gasteiger partial charge in [-0.05, 0) is 25.8 Å². The van der Waals surface area contributed by atoms with E-state index in [1.165, 1.54) is 0 Å².